The number of nitrogens with zero attached hydrogens (tertiary/aromatic N) is 11. The first kappa shape index (κ1) is 76.9. The molecule has 6 aliphatic rings. The highest BCUT2D eigenvalue weighted by molar-refractivity contribution is 7.97. The van der Waals surface area contributed by atoms with Gasteiger partial charge in [0.05, 0.1) is 103 Å². The number of pyridine rings is 5. The molecule has 0 aliphatic carbocycles. The highest BCUT2D eigenvalue weighted by Crippen LogP contribution is 2.52. The van der Waals surface area contributed by atoms with E-state index in [9.17, 15) is 45.0 Å². The van der Waals surface area contributed by atoms with Crippen LogP contribution < -0.4 is 11.5 Å². The van der Waals surface area contributed by atoms with Crippen molar-refractivity contribution in [2.24, 2.45) is 33.8 Å². The second kappa shape index (κ2) is 27.2. The maximum Gasteiger partial charge on any atom is 0.312 e. The van der Waals surface area contributed by atoms with E-state index in [4.69, 9.17) is 54.1 Å². The number of aliphatic imine (C=N–C) groups is 3. The Labute approximate surface area is 589 Å². The molecule has 0 unspecified atom stereocenters. The Morgan fingerprint density at radius 1 is 0.500 bits per heavy atom. The van der Waals surface area contributed by atoms with Crippen molar-refractivity contribution in [1.82, 2.24) is 24.9 Å². The molecule has 5 aromatic heterocycles. The summed E-state index contributed by atoms with van der Waals surface area (Å²) in [4.78, 5) is 85.7. The molecule has 0 fully saturated rings. The topological polar surface area (TPSA) is 329 Å². The maximum atomic E-state index is 15.4. The van der Waals surface area contributed by atoms with E-state index in [0.717, 1.165) is 24.5 Å². The molecule has 0 bridgehead atoms. The molecule has 32 heteroatoms. The summed E-state index contributed by atoms with van der Waals surface area (Å²) in [6, 6.07) is 9.67. The number of halogens is 7. The summed E-state index contributed by atoms with van der Waals surface area (Å²) in [5.41, 5.74) is 7.37. The molecule has 6 aliphatic heterocycles. The number of nitrogens with two attached hydrogens (primary N) is 2. The molecular weight excluding hydrogens is 1400 g/mol. The van der Waals surface area contributed by atoms with Gasteiger partial charge in [-0.05, 0) is 172 Å². The summed E-state index contributed by atoms with van der Waals surface area (Å²) >= 11 is 11.9. The van der Waals surface area contributed by atoms with Crippen molar-refractivity contribution in [3.63, 3.8) is 0 Å². The zero-order valence-corrected chi connectivity index (χ0v) is 62.2. The minimum Gasteiger partial charge on any atom is -0.460 e. The second-order valence-corrected chi connectivity index (χ2v) is 39.0. The van der Waals surface area contributed by atoms with Crippen molar-refractivity contribution < 1.29 is 63.2 Å². The van der Waals surface area contributed by atoms with Crippen LogP contribution >= 0.6 is 23.2 Å². The molecule has 22 nitrogen and oxygen atoms in total. The number of carbonyl (C=O) groups excluding carboxylic acids is 4. The SMILES string of the molecule is CC(C)(C)OC(=O)CC1=N[C@](C)(c2nc(CC(=O)c3ncc(F)cc3Cl)ccc2F)[C@@H]2CCN=[S@]2(=O)C1(C)C.CC(C)(C)OC(=O)CC1=N[C@](C)(c2nc(N)ccc2F)[C@@H]2CCN=[S@]2(=O)C1(C)C.CC1(C)C(N)=N[C@](C)(c2nc(CC(=O)c3ncc(F)cc3Cl)ccc2F)[C@@H]2CCN=[S@@]21=O. The Kier molecular flexibility index (Phi) is 20.9. The summed E-state index contributed by atoms with van der Waals surface area (Å²) in [5.74, 6) is -5.05. The van der Waals surface area contributed by atoms with Gasteiger partial charge in [-0.2, -0.15) is 0 Å². The number of fused-ring (bicyclic) bond motifs is 3. The Morgan fingerprint density at radius 3 is 1.18 bits per heavy atom. The van der Waals surface area contributed by atoms with E-state index in [1.165, 1.54) is 36.4 Å². The largest absolute Gasteiger partial charge is 0.460 e. The van der Waals surface area contributed by atoms with Crippen LogP contribution in [0, 0.1) is 29.1 Å². The van der Waals surface area contributed by atoms with Gasteiger partial charge in [-0.15, -0.1) is 0 Å². The molecule has 0 aromatic carbocycles. The quantitative estimate of drug-likeness (QED) is 0.0628. The van der Waals surface area contributed by atoms with E-state index in [1.54, 1.807) is 104 Å². The third-order valence-electron chi connectivity index (χ3n) is 18.8. The molecule has 540 valence electrons. The Morgan fingerprint density at radius 2 is 0.830 bits per heavy atom. The lowest BCUT2D eigenvalue weighted by Crippen LogP contribution is -2.58. The lowest BCUT2D eigenvalue weighted by Gasteiger charge is -2.45. The summed E-state index contributed by atoms with van der Waals surface area (Å²) in [5, 5.41) is -2.06. The first-order valence-electron chi connectivity index (χ1n) is 32.1. The average Bonchev–Trinajstić information content (AvgIpc) is 1.40. The second-order valence-electron chi connectivity index (χ2n) is 29.2. The number of aromatic nitrogens is 5. The number of Topliss-reactive ketones (excluding diaryl/α,β-unsaturated/α-hetero) is 2. The smallest absolute Gasteiger partial charge is 0.312 e. The number of rotatable bonds is 13. The molecule has 9 atom stereocenters. The summed E-state index contributed by atoms with van der Waals surface area (Å²) in [7, 11) is -8.73. The molecule has 0 saturated heterocycles. The number of ether oxygens (including phenoxy) is 2. The molecular formula is C68H82Cl2F5N13O9S3. The number of amidine groups is 1. The van der Waals surface area contributed by atoms with Gasteiger partial charge in [0.15, 0.2) is 11.6 Å². The van der Waals surface area contributed by atoms with Crippen LogP contribution in [0.2, 0.25) is 10.0 Å². The van der Waals surface area contributed by atoms with E-state index in [1.807, 2.05) is 0 Å². The van der Waals surface area contributed by atoms with Gasteiger partial charge in [0.2, 0.25) is 0 Å². The third kappa shape index (κ3) is 14.2. The van der Waals surface area contributed by atoms with Crippen molar-refractivity contribution in [2.45, 2.75) is 207 Å². The minimum absolute atomic E-state index is 0.0320. The first-order valence-corrected chi connectivity index (χ1v) is 37.6. The highest BCUT2D eigenvalue weighted by Gasteiger charge is 2.61. The molecule has 11 rings (SSSR count). The van der Waals surface area contributed by atoms with Crippen LogP contribution in [0.1, 0.15) is 185 Å². The van der Waals surface area contributed by atoms with Crippen molar-refractivity contribution in [3.05, 3.63) is 140 Å². The van der Waals surface area contributed by atoms with Gasteiger partial charge in [-0.25, -0.2) is 62.6 Å². The fourth-order valence-electron chi connectivity index (χ4n) is 13.5. The van der Waals surface area contributed by atoms with Crippen LogP contribution in [-0.4, -0.2) is 139 Å². The van der Waals surface area contributed by atoms with E-state index in [0.29, 0.717) is 44.6 Å². The van der Waals surface area contributed by atoms with Gasteiger partial charge in [0.1, 0.15) is 102 Å². The van der Waals surface area contributed by atoms with Crippen molar-refractivity contribution >= 4 is 99.0 Å². The third-order valence-corrected chi connectivity index (χ3v) is 30.5. The predicted octanol–water partition coefficient (Wildman–Crippen LogP) is 11.9. The van der Waals surface area contributed by atoms with Crippen molar-refractivity contribution in [3.8, 4) is 0 Å². The van der Waals surface area contributed by atoms with Crippen LogP contribution in [0.25, 0.3) is 0 Å². The molecule has 0 radical (unpaired) electrons. The highest BCUT2D eigenvalue weighted by atomic mass is 35.5. The molecule has 11 heterocycles. The fourth-order valence-corrected chi connectivity index (χ4v) is 23.7. The van der Waals surface area contributed by atoms with Crippen LogP contribution in [0.3, 0.4) is 0 Å². The van der Waals surface area contributed by atoms with Gasteiger partial charge >= 0.3 is 11.9 Å². The van der Waals surface area contributed by atoms with Gasteiger partial charge in [0, 0.05) is 42.4 Å². The molecule has 4 N–H and O–H groups in total. The van der Waals surface area contributed by atoms with Crippen LogP contribution in [0.4, 0.5) is 27.8 Å². The van der Waals surface area contributed by atoms with E-state index < -0.39 is 140 Å². The van der Waals surface area contributed by atoms with E-state index >= 15 is 8.78 Å². The van der Waals surface area contributed by atoms with E-state index in [-0.39, 0.29) is 93.0 Å². The maximum absolute atomic E-state index is 15.4. The number of nitrogen functional groups attached to an aromatic ring is 1. The van der Waals surface area contributed by atoms with Gasteiger partial charge in [-0.1, -0.05) is 23.2 Å². The summed E-state index contributed by atoms with van der Waals surface area (Å²) in [6.07, 6.45) is 2.20. The molecule has 0 spiro atoms. The Bertz CT molecular complexity index is 4730. The number of esters is 2. The minimum atomic E-state index is -3.02. The fraction of sp³-hybridized carbons (Fsp3) is 0.529. The standard InChI is InChI=1S/C27H31ClF2N4O4S.C21H22ClF2N5O2S.C20H29FN4O3S/c1-25(2,3)38-22(36)13-20-26(4,5)39(37)21(9-10-32-39)27(6,34-20)24-18(30)8-7-16(33-24)12-19(35)23-17(28)11-15(29)14-31-23;1-20(2)19(25)29-21(3,16-6-7-27-32(16,20)31)18-14(24)5-4-12(28-18)9-15(30)17-13(22)8-11(23)10-26-17;1-18(2,3)28-16(26)11-13-19(4,5)29(27)14(9-10-23-29)20(6,25-13)17-12(21)7-8-15(22)24-17/h7-8,11,14,21H,9-10,12-13H2,1-6H3;4-5,8,10,16H,6-7,9H2,1-3H3,(H2,25,29);7-8,14H,9-11H2,1-6H3,(H2,22,24)/t21-,27-,39+;16-,21-,32+;14-,20-,29+/m000/s1. The van der Waals surface area contributed by atoms with Crippen molar-refractivity contribution in [1.29, 1.82) is 0 Å². The number of carbonyl (C=O) groups is 4. The van der Waals surface area contributed by atoms with Crippen LogP contribution in [-0.2, 0) is 77.7 Å². The summed E-state index contributed by atoms with van der Waals surface area (Å²) in [6.45, 7) is 27.1. The molecule has 100 heavy (non-hydrogen) atoms. The number of anilines is 1. The lowest BCUT2D eigenvalue weighted by atomic mass is 9.88. The number of ketones is 2. The van der Waals surface area contributed by atoms with E-state index in [2.05, 4.69) is 43.0 Å². The predicted molar refractivity (Wildman–Crippen MR) is 375 cm³/mol. The molecule has 0 amide bonds. The Hall–Kier alpha value is -7.28. The Balaban J connectivity index is 0.000000177. The molecule has 0 saturated carbocycles. The molecule has 5 aromatic rings. The number of hydrogen-bond acceptors (Lipinski definition) is 22. The van der Waals surface area contributed by atoms with Crippen LogP contribution in [0.5, 0.6) is 0 Å². The van der Waals surface area contributed by atoms with Gasteiger partial charge in [-0.3, -0.25) is 44.1 Å². The monoisotopic (exact) mass is 1490 g/mol. The van der Waals surface area contributed by atoms with Crippen LogP contribution in [0.15, 0.2) is 89.0 Å². The summed E-state index contributed by atoms with van der Waals surface area (Å²) < 4.78 is 136. The van der Waals surface area contributed by atoms with Gasteiger partial charge < -0.3 is 20.9 Å². The number of hydrogen-bond donors (Lipinski definition) is 2. The first-order chi connectivity index (χ1) is 46.1. The van der Waals surface area contributed by atoms with Crippen molar-refractivity contribution in [2.75, 3.05) is 25.4 Å². The lowest BCUT2D eigenvalue weighted by molar-refractivity contribution is -0.154. The average molecular weight is 1490 g/mol. The normalized spacial score (nSPS) is 28.2. The zero-order valence-electron chi connectivity index (χ0n) is 58.2. The van der Waals surface area contributed by atoms with Gasteiger partial charge in [0.25, 0.3) is 0 Å². The zero-order chi connectivity index (χ0) is 74.3.